The number of ether oxygens (including phenoxy) is 1. The van der Waals surface area contributed by atoms with Crippen LogP contribution in [0.1, 0.15) is 10.4 Å². The van der Waals surface area contributed by atoms with Crippen LogP contribution in [-0.4, -0.2) is 23.5 Å². The lowest BCUT2D eigenvalue weighted by Crippen LogP contribution is -2.49. The van der Waals surface area contributed by atoms with Crippen molar-refractivity contribution in [2.75, 3.05) is 6.61 Å². The van der Waals surface area contributed by atoms with Crippen LogP contribution in [-0.2, 0) is 4.79 Å². The van der Waals surface area contributed by atoms with Gasteiger partial charge in [-0.1, -0.05) is 46.9 Å². The molecule has 0 fully saturated rings. The van der Waals surface area contributed by atoms with Crippen LogP contribution < -0.4 is 20.9 Å². The van der Waals surface area contributed by atoms with Crippen molar-refractivity contribution in [2.45, 2.75) is 0 Å². The molecule has 26 heavy (non-hydrogen) atoms. The molecule has 0 saturated heterocycles. The van der Waals surface area contributed by atoms with Crippen LogP contribution >= 0.6 is 47.0 Å². The normalized spacial score (nSPS) is 9.96. The number of hydrogen-bond acceptors (Lipinski definition) is 4. The predicted molar refractivity (Wildman–Crippen MR) is 105 cm³/mol. The van der Waals surface area contributed by atoms with Crippen molar-refractivity contribution >= 4 is 63.9 Å². The third-order valence-electron chi connectivity index (χ3n) is 2.91. The van der Waals surface area contributed by atoms with E-state index in [4.69, 9.17) is 51.8 Å². The van der Waals surface area contributed by atoms with Crippen molar-refractivity contribution in [1.82, 2.24) is 16.2 Å². The highest BCUT2D eigenvalue weighted by Crippen LogP contribution is 2.27. The molecule has 0 heterocycles. The van der Waals surface area contributed by atoms with Crippen molar-refractivity contribution in [3.05, 3.63) is 63.1 Å². The lowest BCUT2D eigenvalue weighted by atomic mass is 10.2. The molecule has 2 amide bonds. The van der Waals surface area contributed by atoms with Crippen LogP contribution in [0.5, 0.6) is 5.75 Å². The number of benzene rings is 2. The number of hydrazine groups is 1. The van der Waals surface area contributed by atoms with Gasteiger partial charge in [0, 0.05) is 5.02 Å². The van der Waals surface area contributed by atoms with E-state index in [1.807, 2.05) is 0 Å². The molecule has 0 radical (unpaired) electrons. The first-order chi connectivity index (χ1) is 12.4. The Morgan fingerprint density at radius 1 is 1.00 bits per heavy atom. The van der Waals surface area contributed by atoms with Gasteiger partial charge < -0.3 is 4.74 Å². The second-order valence-corrected chi connectivity index (χ2v) is 6.46. The van der Waals surface area contributed by atoms with Crippen LogP contribution in [0.2, 0.25) is 15.1 Å². The Kier molecular flexibility index (Phi) is 7.47. The molecule has 136 valence electrons. The molecule has 0 aliphatic carbocycles. The smallest absolute Gasteiger partial charge is 0.276 e. The summed E-state index contributed by atoms with van der Waals surface area (Å²) in [6.45, 7) is -0.324. The van der Waals surface area contributed by atoms with Crippen molar-refractivity contribution in [2.24, 2.45) is 0 Å². The zero-order valence-corrected chi connectivity index (χ0v) is 16.1. The zero-order valence-electron chi connectivity index (χ0n) is 13.0. The molecule has 0 aromatic heterocycles. The van der Waals surface area contributed by atoms with E-state index in [1.165, 1.54) is 6.07 Å². The van der Waals surface area contributed by atoms with E-state index in [1.54, 1.807) is 36.4 Å². The van der Waals surface area contributed by atoms with Gasteiger partial charge in [0.2, 0.25) is 0 Å². The molecular formula is C16H12Cl3N3O3S. The molecule has 0 saturated carbocycles. The van der Waals surface area contributed by atoms with Gasteiger partial charge >= 0.3 is 0 Å². The van der Waals surface area contributed by atoms with Gasteiger partial charge in [0.1, 0.15) is 5.75 Å². The highest BCUT2D eigenvalue weighted by atomic mass is 35.5. The molecule has 2 aromatic rings. The Hall–Kier alpha value is -2.06. The topological polar surface area (TPSA) is 79.5 Å². The summed E-state index contributed by atoms with van der Waals surface area (Å²) in [6, 6.07) is 11.1. The SMILES string of the molecule is O=C(COc1ccc(Cl)cc1Cl)NNC(=S)NC(=O)c1ccccc1Cl. The highest BCUT2D eigenvalue weighted by molar-refractivity contribution is 7.80. The summed E-state index contributed by atoms with van der Waals surface area (Å²) in [6.07, 6.45) is 0. The molecule has 0 spiro atoms. The van der Waals surface area contributed by atoms with E-state index in [9.17, 15) is 9.59 Å². The summed E-state index contributed by atoms with van der Waals surface area (Å²) >= 11 is 22.6. The van der Waals surface area contributed by atoms with Gasteiger partial charge in [0.15, 0.2) is 11.7 Å². The van der Waals surface area contributed by atoms with E-state index in [0.29, 0.717) is 10.8 Å². The fourth-order valence-electron chi connectivity index (χ4n) is 1.75. The third kappa shape index (κ3) is 6.03. The van der Waals surface area contributed by atoms with Gasteiger partial charge in [-0.25, -0.2) is 0 Å². The number of carbonyl (C=O) groups is 2. The first-order valence-electron chi connectivity index (χ1n) is 7.09. The number of carbonyl (C=O) groups excluding carboxylic acids is 2. The van der Waals surface area contributed by atoms with Crippen molar-refractivity contribution in [3.8, 4) is 5.75 Å². The quantitative estimate of drug-likeness (QED) is 0.510. The van der Waals surface area contributed by atoms with E-state index >= 15 is 0 Å². The molecule has 6 nitrogen and oxygen atoms in total. The zero-order chi connectivity index (χ0) is 19.1. The maximum Gasteiger partial charge on any atom is 0.276 e. The fraction of sp³-hybridized carbons (Fsp3) is 0.0625. The van der Waals surface area contributed by atoms with Crippen molar-refractivity contribution in [1.29, 1.82) is 0 Å². The largest absolute Gasteiger partial charge is 0.482 e. The van der Waals surface area contributed by atoms with E-state index < -0.39 is 11.8 Å². The Bertz CT molecular complexity index is 848. The Morgan fingerprint density at radius 2 is 1.73 bits per heavy atom. The number of amides is 2. The van der Waals surface area contributed by atoms with Crippen LogP contribution in [0.15, 0.2) is 42.5 Å². The minimum absolute atomic E-state index is 0.104. The van der Waals surface area contributed by atoms with Crippen LogP contribution in [0.3, 0.4) is 0 Å². The average Bonchev–Trinajstić information content (AvgIpc) is 2.59. The predicted octanol–water partition coefficient (Wildman–Crippen LogP) is 3.36. The maximum absolute atomic E-state index is 12.0. The summed E-state index contributed by atoms with van der Waals surface area (Å²) < 4.78 is 5.26. The van der Waals surface area contributed by atoms with Gasteiger partial charge in [-0.15, -0.1) is 0 Å². The second-order valence-electron chi connectivity index (χ2n) is 4.80. The molecule has 2 aromatic carbocycles. The summed E-state index contributed by atoms with van der Waals surface area (Å²) in [5.41, 5.74) is 4.92. The van der Waals surface area contributed by atoms with Gasteiger partial charge in [-0.05, 0) is 42.5 Å². The second kappa shape index (κ2) is 9.59. The van der Waals surface area contributed by atoms with Gasteiger partial charge in [-0.2, -0.15) is 0 Å². The lowest BCUT2D eigenvalue weighted by molar-refractivity contribution is -0.123. The van der Waals surface area contributed by atoms with Gasteiger partial charge in [0.05, 0.1) is 15.6 Å². The lowest BCUT2D eigenvalue weighted by Gasteiger charge is -2.12. The maximum atomic E-state index is 12.0. The highest BCUT2D eigenvalue weighted by Gasteiger charge is 2.12. The number of nitrogens with one attached hydrogen (secondary N) is 3. The molecular weight excluding hydrogens is 421 g/mol. The molecule has 0 aliphatic rings. The minimum atomic E-state index is -0.537. The standard InChI is InChI=1S/C16H12Cl3N3O3S/c17-9-5-6-13(12(19)7-9)25-8-14(23)21-22-16(26)20-15(24)10-3-1-2-4-11(10)18/h1-7H,8H2,(H,21,23)(H2,20,22,24,26). The van der Waals surface area contributed by atoms with Crippen LogP contribution in [0.4, 0.5) is 0 Å². The third-order valence-corrected chi connectivity index (χ3v) is 3.98. The first kappa shape index (κ1) is 20.3. The molecule has 0 bridgehead atoms. The Balaban J connectivity index is 1.77. The minimum Gasteiger partial charge on any atom is -0.482 e. The van der Waals surface area contributed by atoms with Gasteiger partial charge in [-0.3, -0.25) is 25.8 Å². The Morgan fingerprint density at radius 3 is 2.42 bits per heavy atom. The average molecular weight is 433 g/mol. The number of hydrogen-bond donors (Lipinski definition) is 3. The number of rotatable bonds is 4. The summed E-state index contributed by atoms with van der Waals surface area (Å²) in [5.74, 6) is -0.738. The number of halogens is 3. The molecule has 0 aliphatic heterocycles. The van der Waals surface area contributed by atoms with Crippen molar-refractivity contribution in [3.63, 3.8) is 0 Å². The Labute approximate surface area is 169 Å². The molecule has 0 atom stereocenters. The summed E-state index contributed by atoms with van der Waals surface area (Å²) in [7, 11) is 0. The summed E-state index contributed by atoms with van der Waals surface area (Å²) in [5, 5.41) is 3.30. The fourth-order valence-corrected chi connectivity index (χ4v) is 2.57. The molecule has 3 N–H and O–H groups in total. The van der Waals surface area contributed by atoms with Crippen molar-refractivity contribution < 1.29 is 14.3 Å². The van der Waals surface area contributed by atoms with E-state index in [-0.39, 0.29) is 27.3 Å². The number of thiocarbonyl (C=S) groups is 1. The van der Waals surface area contributed by atoms with Crippen LogP contribution in [0.25, 0.3) is 0 Å². The monoisotopic (exact) mass is 431 g/mol. The molecule has 0 unspecified atom stereocenters. The van der Waals surface area contributed by atoms with Gasteiger partial charge in [0.25, 0.3) is 11.8 Å². The van der Waals surface area contributed by atoms with E-state index in [0.717, 1.165) is 0 Å². The molecule has 10 heteroatoms. The van der Waals surface area contributed by atoms with Crippen LogP contribution in [0, 0.1) is 0 Å². The summed E-state index contributed by atoms with van der Waals surface area (Å²) in [4.78, 5) is 23.8. The molecule has 2 rings (SSSR count). The van der Waals surface area contributed by atoms with E-state index in [2.05, 4.69) is 16.2 Å². The first-order valence-corrected chi connectivity index (χ1v) is 8.63.